The molecule has 1 aliphatic heterocycles. The minimum Gasteiger partial charge on any atom is -0.394 e. The van der Waals surface area contributed by atoms with Crippen LogP contribution in [0.1, 0.15) is 200 Å². The van der Waals surface area contributed by atoms with Crippen molar-refractivity contribution in [2.45, 2.75) is 243 Å². The van der Waals surface area contributed by atoms with Crippen LogP contribution >= 0.6 is 0 Å². The molecule has 1 fully saturated rings. The van der Waals surface area contributed by atoms with Crippen LogP contribution in [0.25, 0.3) is 0 Å². The minimum absolute atomic E-state index is 0.139. The molecule has 58 heavy (non-hydrogen) atoms. The molecule has 0 aromatic carbocycles. The van der Waals surface area contributed by atoms with Gasteiger partial charge in [0.25, 0.3) is 0 Å². The fourth-order valence-electron chi connectivity index (χ4n) is 7.39. The van der Waals surface area contributed by atoms with Crippen molar-refractivity contribution in [1.29, 1.82) is 0 Å². The van der Waals surface area contributed by atoms with Crippen molar-refractivity contribution in [2.24, 2.45) is 0 Å². The zero-order chi connectivity index (χ0) is 42.3. The molecule has 0 spiro atoms. The first-order valence-electron chi connectivity index (χ1n) is 23.8. The highest BCUT2D eigenvalue weighted by Gasteiger charge is 2.44. The Labute approximate surface area is 354 Å². The number of allylic oxidation sites excluding steroid dienone is 8. The molecular formula is C49H89NO8. The predicted molar refractivity (Wildman–Crippen MR) is 239 cm³/mol. The van der Waals surface area contributed by atoms with E-state index < -0.39 is 49.5 Å². The quantitative estimate of drug-likeness (QED) is 0.0265. The van der Waals surface area contributed by atoms with Gasteiger partial charge in [-0.2, -0.15) is 0 Å². The molecule has 0 radical (unpaired) electrons. The monoisotopic (exact) mass is 820 g/mol. The molecule has 0 bridgehead atoms. The Hall–Kier alpha value is -1.85. The van der Waals surface area contributed by atoms with E-state index in [9.17, 15) is 30.3 Å². The molecule has 0 aliphatic carbocycles. The molecule has 1 aliphatic rings. The summed E-state index contributed by atoms with van der Waals surface area (Å²) in [7, 11) is 0. The normalized spacial score (nSPS) is 21.3. The molecule has 1 rings (SSSR count). The summed E-state index contributed by atoms with van der Waals surface area (Å²) < 4.78 is 11.2. The zero-order valence-electron chi connectivity index (χ0n) is 37.0. The van der Waals surface area contributed by atoms with E-state index in [-0.39, 0.29) is 12.5 Å². The number of carbonyl (C=O) groups is 1. The second-order valence-corrected chi connectivity index (χ2v) is 16.5. The highest BCUT2D eigenvalue weighted by Crippen LogP contribution is 2.23. The maximum absolute atomic E-state index is 12.9. The van der Waals surface area contributed by atoms with Gasteiger partial charge in [0.05, 0.1) is 25.4 Å². The number of carbonyl (C=O) groups excluding carboxylic acids is 1. The Morgan fingerprint density at radius 3 is 1.59 bits per heavy atom. The highest BCUT2D eigenvalue weighted by atomic mass is 16.7. The van der Waals surface area contributed by atoms with E-state index >= 15 is 0 Å². The Bertz CT molecular complexity index is 1050. The first-order chi connectivity index (χ1) is 28.3. The topological polar surface area (TPSA) is 149 Å². The number of rotatable bonds is 39. The van der Waals surface area contributed by atoms with E-state index in [1.165, 1.54) is 109 Å². The van der Waals surface area contributed by atoms with Crippen molar-refractivity contribution in [2.75, 3.05) is 13.2 Å². The largest absolute Gasteiger partial charge is 0.394 e. The van der Waals surface area contributed by atoms with E-state index in [1.807, 2.05) is 0 Å². The summed E-state index contributed by atoms with van der Waals surface area (Å²) in [5.41, 5.74) is 0. The van der Waals surface area contributed by atoms with Crippen LogP contribution in [0.3, 0.4) is 0 Å². The number of unbranched alkanes of at least 4 members (excludes halogenated alkanes) is 21. The molecule has 0 saturated carbocycles. The molecule has 1 amide bonds. The van der Waals surface area contributed by atoms with Gasteiger partial charge < -0.3 is 40.3 Å². The minimum atomic E-state index is -1.55. The van der Waals surface area contributed by atoms with E-state index in [1.54, 1.807) is 0 Å². The van der Waals surface area contributed by atoms with Gasteiger partial charge in [-0.3, -0.25) is 4.79 Å². The van der Waals surface area contributed by atoms with Crippen molar-refractivity contribution >= 4 is 5.91 Å². The molecule has 1 heterocycles. The Morgan fingerprint density at radius 1 is 0.603 bits per heavy atom. The number of amides is 1. The average Bonchev–Trinajstić information content (AvgIpc) is 3.22. The van der Waals surface area contributed by atoms with E-state index in [0.29, 0.717) is 12.8 Å². The summed E-state index contributed by atoms with van der Waals surface area (Å²) in [6.07, 6.45) is 42.9. The SMILES string of the molecule is CC/C=C\C/C=C\C/C=C\C/C=C\CCCCCCCCCCCCCCCCC(=O)NC(COC1OC(CO)C(O)C(O)C1O)C(O)CCCCCCCCCC. The van der Waals surface area contributed by atoms with Gasteiger partial charge in [0.1, 0.15) is 24.4 Å². The van der Waals surface area contributed by atoms with Crippen molar-refractivity contribution in [1.82, 2.24) is 5.32 Å². The molecule has 338 valence electrons. The third kappa shape index (κ3) is 29.4. The van der Waals surface area contributed by atoms with Crippen LogP contribution in [-0.2, 0) is 14.3 Å². The van der Waals surface area contributed by atoms with Gasteiger partial charge in [-0.25, -0.2) is 0 Å². The molecule has 1 saturated heterocycles. The number of nitrogens with one attached hydrogen (secondary N) is 1. The van der Waals surface area contributed by atoms with Gasteiger partial charge in [0.2, 0.25) is 5.91 Å². The second-order valence-electron chi connectivity index (χ2n) is 16.5. The Kier molecular flexibility index (Phi) is 36.7. The van der Waals surface area contributed by atoms with Gasteiger partial charge >= 0.3 is 0 Å². The fraction of sp³-hybridized carbons (Fsp3) is 0.816. The van der Waals surface area contributed by atoms with Crippen molar-refractivity contribution in [3.63, 3.8) is 0 Å². The molecule has 9 heteroatoms. The smallest absolute Gasteiger partial charge is 0.220 e. The highest BCUT2D eigenvalue weighted by molar-refractivity contribution is 5.76. The maximum atomic E-state index is 12.9. The first-order valence-corrected chi connectivity index (χ1v) is 23.8. The van der Waals surface area contributed by atoms with Crippen LogP contribution < -0.4 is 5.32 Å². The van der Waals surface area contributed by atoms with Crippen LogP contribution in [0.4, 0.5) is 0 Å². The van der Waals surface area contributed by atoms with Crippen LogP contribution in [0, 0.1) is 0 Å². The second kappa shape index (κ2) is 39.3. The summed E-state index contributed by atoms with van der Waals surface area (Å²) in [5, 5.41) is 54.1. The van der Waals surface area contributed by atoms with Crippen molar-refractivity contribution in [3.05, 3.63) is 48.6 Å². The third-order valence-electron chi connectivity index (χ3n) is 11.2. The van der Waals surface area contributed by atoms with Gasteiger partial charge in [-0.05, 0) is 51.4 Å². The van der Waals surface area contributed by atoms with Crippen LogP contribution in [-0.4, -0.2) is 87.5 Å². The van der Waals surface area contributed by atoms with E-state index in [0.717, 1.165) is 64.2 Å². The molecule has 9 nitrogen and oxygen atoms in total. The fourth-order valence-corrected chi connectivity index (χ4v) is 7.39. The molecule has 6 N–H and O–H groups in total. The molecule has 0 aromatic rings. The lowest BCUT2D eigenvalue weighted by molar-refractivity contribution is -0.302. The lowest BCUT2D eigenvalue weighted by Gasteiger charge is -2.40. The van der Waals surface area contributed by atoms with Crippen LogP contribution in [0.5, 0.6) is 0 Å². The maximum Gasteiger partial charge on any atom is 0.220 e. The summed E-state index contributed by atoms with van der Waals surface area (Å²) in [4.78, 5) is 12.9. The summed E-state index contributed by atoms with van der Waals surface area (Å²) in [6, 6.07) is -0.717. The number of aliphatic hydroxyl groups is 5. The lowest BCUT2D eigenvalue weighted by Crippen LogP contribution is -2.60. The predicted octanol–water partition coefficient (Wildman–Crippen LogP) is 10.2. The van der Waals surface area contributed by atoms with Gasteiger partial charge in [-0.1, -0.05) is 191 Å². The van der Waals surface area contributed by atoms with Gasteiger partial charge in [0.15, 0.2) is 6.29 Å². The molecular weight excluding hydrogens is 731 g/mol. The van der Waals surface area contributed by atoms with Crippen molar-refractivity contribution < 1.29 is 39.8 Å². The summed E-state index contributed by atoms with van der Waals surface area (Å²) in [6.45, 7) is 3.68. The average molecular weight is 820 g/mol. The third-order valence-corrected chi connectivity index (χ3v) is 11.2. The Balaban J connectivity index is 2.15. The summed E-state index contributed by atoms with van der Waals surface area (Å²) in [5.74, 6) is -0.150. The first kappa shape index (κ1) is 54.2. The van der Waals surface area contributed by atoms with E-state index in [2.05, 4.69) is 67.8 Å². The van der Waals surface area contributed by atoms with Gasteiger partial charge in [-0.15, -0.1) is 0 Å². The zero-order valence-corrected chi connectivity index (χ0v) is 37.0. The number of hydrogen-bond donors (Lipinski definition) is 6. The van der Waals surface area contributed by atoms with Crippen LogP contribution in [0.2, 0.25) is 0 Å². The number of aliphatic hydroxyl groups excluding tert-OH is 5. The molecule has 0 aromatic heterocycles. The van der Waals surface area contributed by atoms with E-state index in [4.69, 9.17) is 9.47 Å². The van der Waals surface area contributed by atoms with Crippen LogP contribution in [0.15, 0.2) is 48.6 Å². The number of hydrogen-bond acceptors (Lipinski definition) is 8. The summed E-state index contributed by atoms with van der Waals surface area (Å²) >= 11 is 0. The standard InChI is InChI=1S/C49H89NO8/c1-3-5-7-9-11-13-14-15-16-17-18-19-20-21-22-23-24-25-26-27-28-29-30-31-33-35-37-39-45(53)50-42(43(52)38-36-34-32-12-10-8-6-4-2)41-57-49-48(56)47(55)46(54)44(40-51)58-49/h5,7,11,13,15-16,18-19,42-44,46-49,51-52,54-56H,3-4,6,8-10,12,14,17,20-41H2,1-2H3,(H,50,53)/b7-5-,13-11-,16-15-,19-18-. The lowest BCUT2D eigenvalue weighted by atomic mass is 9.99. The Morgan fingerprint density at radius 2 is 1.07 bits per heavy atom. The molecule has 7 unspecified atom stereocenters. The molecule has 7 atom stereocenters. The van der Waals surface area contributed by atoms with Crippen molar-refractivity contribution in [3.8, 4) is 0 Å². The van der Waals surface area contributed by atoms with Gasteiger partial charge in [0, 0.05) is 6.42 Å². The number of ether oxygens (including phenoxy) is 2.